The van der Waals surface area contributed by atoms with Gasteiger partial charge < -0.3 is 5.32 Å². The van der Waals surface area contributed by atoms with Crippen molar-refractivity contribution in [3.8, 4) is 0 Å². The van der Waals surface area contributed by atoms with Gasteiger partial charge in [0.05, 0.1) is 5.02 Å². The van der Waals surface area contributed by atoms with Crippen LogP contribution in [0.15, 0.2) is 18.2 Å². The number of benzene rings is 1. The Morgan fingerprint density at radius 2 is 2.25 bits per heavy atom. The van der Waals surface area contributed by atoms with Gasteiger partial charge in [0.2, 0.25) is 5.91 Å². The Morgan fingerprint density at radius 3 is 2.81 bits per heavy atom. The molecule has 1 unspecified atom stereocenters. The van der Waals surface area contributed by atoms with Crippen LogP contribution in [0.2, 0.25) is 5.02 Å². The summed E-state index contributed by atoms with van der Waals surface area (Å²) in [5, 5.41) is 2.74. The van der Waals surface area contributed by atoms with Gasteiger partial charge in [-0.05, 0) is 17.7 Å². The first-order chi connectivity index (χ1) is 7.54. The molecule has 0 saturated heterocycles. The molecule has 1 atom stereocenters. The lowest BCUT2D eigenvalue weighted by atomic mass is 10.2. The lowest BCUT2D eigenvalue weighted by Gasteiger charge is -2.09. The molecule has 1 aromatic carbocycles. The number of halogens is 3. The van der Waals surface area contributed by atoms with Gasteiger partial charge in [0.1, 0.15) is 5.82 Å². The molecular weight excluding hydrogens is 252 g/mol. The number of rotatable bonds is 4. The van der Waals surface area contributed by atoms with Crippen LogP contribution in [0, 0.1) is 11.7 Å². The van der Waals surface area contributed by atoms with Gasteiger partial charge in [-0.1, -0.05) is 24.6 Å². The Labute approximate surface area is 104 Å². The first-order valence-electron chi connectivity index (χ1n) is 4.82. The smallest absolute Gasteiger partial charge is 0.224 e. The van der Waals surface area contributed by atoms with E-state index in [1.54, 1.807) is 13.0 Å². The maximum Gasteiger partial charge on any atom is 0.224 e. The zero-order valence-corrected chi connectivity index (χ0v) is 10.3. The number of hydrogen-bond acceptors (Lipinski definition) is 1. The van der Waals surface area contributed by atoms with Crippen LogP contribution in [-0.4, -0.2) is 11.8 Å². The molecule has 16 heavy (non-hydrogen) atoms. The van der Waals surface area contributed by atoms with Gasteiger partial charge in [-0.15, -0.1) is 11.6 Å². The molecule has 0 spiro atoms. The van der Waals surface area contributed by atoms with Gasteiger partial charge in [-0.2, -0.15) is 0 Å². The average molecular weight is 264 g/mol. The number of nitrogens with one attached hydrogen (secondary N) is 1. The normalized spacial score (nSPS) is 12.2. The predicted octanol–water partition coefficient (Wildman–Crippen LogP) is 2.97. The maximum atomic E-state index is 12.8. The van der Waals surface area contributed by atoms with Crippen LogP contribution in [0.25, 0.3) is 0 Å². The molecular formula is C11H12Cl2FNO. The van der Waals surface area contributed by atoms with Crippen LogP contribution < -0.4 is 5.32 Å². The van der Waals surface area contributed by atoms with Gasteiger partial charge >= 0.3 is 0 Å². The monoisotopic (exact) mass is 263 g/mol. The van der Waals surface area contributed by atoms with E-state index in [0.29, 0.717) is 6.54 Å². The Balaban J connectivity index is 2.55. The first-order valence-corrected chi connectivity index (χ1v) is 5.73. The molecule has 5 heteroatoms. The van der Waals surface area contributed by atoms with E-state index in [1.807, 2.05) is 0 Å². The van der Waals surface area contributed by atoms with Gasteiger partial charge in [0, 0.05) is 18.3 Å². The minimum Gasteiger partial charge on any atom is -0.352 e. The lowest BCUT2D eigenvalue weighted by molar-refractivity contribution is -0.124. The molecule has 0 heterocycles. The standard InChI is InChI=1S/C11H12Cl2FNO/c1-7(5-12)11(16)15-6-8-2-3-10(14)9(13)4-8/h2-4,7H,5-6H2,1H3,(H,15,16). The highest BCUT2D eigenvalue weighted by Crippen LogP contribution is 2.15. The Hall–Kier alpha value is -0.800. The fraction of sp³-hybridized carbons (Fsp3) is 0.364. The molecule has 0 aliphatic carbocycles. The summed E-state index contributed by atoms with van der Waals surface area (Å²) in [5.74, 6) is -0.561. The summed E-state index contributed by atoms with van der Waals surface area (Å²) in [6.45, 7) is 2.06. The topological polar surface area (TPSA) is 29.1 Å². The van der Waals surface area contributed by atoms with Gasteiger partial charge in [-0.3, -0.25) is 4.79 Å². The zero-order chi connectivity index (χ0) is 12.1. The van der Waals surface area contributed by atoms with Crippen molar-refractivity contribution in [2.45, 2.75) is 13.5 Å². The molecule has 0 radical (unpaired) electrons. The van der Waals surface area contributed by atoms with E-state index in [4.69, 9.17) is 23.2 Å². The minimum atomic E-state index is -0.467. The SMILES string of the molecule is CC(CCl)C(=O)NCc1ccc(F)c(Cl)c1. The van der Waals surface area contributed by atoms with E-state index >= 15 is 0 Å². The van der Waals surface area contributed by atoms with Crippen molar-refractivity contribution in [3.63, 3.8) is 0 Å². The van der Waals surface area contributed by atoms with Crippen molar-refractivity contribution >= 4 is 29.1 Å². The molecule has 88 valence electrons. The largest absolute Gasteiger partial charge is 0.352 e. The molecule has 0 fully saturated rings. The van der Waals surface area contributed by atoms with E-state index in [1.165, 1.54) is 12.1 Å². The Morgan fingerprint density at radius 1 is 1.56 bits per heavy atom. The van der Waals surface area contributed by atoms with Crippen molar-refractivity contribution in [1.29, 1.82) is 0 Å². The van der Waals surface area contributed by atoms with Gasteiger partial charge in [0.15, 0.2) is 0 Å². The molecule has 1 rings (SSSR count). The van der Waals surface area contributed by atoms with Crippen LogP contribution in [0.1, 0.15) is 12.5 Å². The number of carbonyl (C=O) groups is 1. The van der Waals surface area contributed by atoms with E-state index in [-0.39, 0.29) is 22.7 Å². The van der Waals surface area contributed by atoms with Gasteiger partial charge in [0.25, 0.3) is 0 Å². The molecule has 0 aromatic heterocycles. The molecule has 0 aliphatic heterocycles. The molecule has 1 amide bonds. The van der Waals surface area contributed by atoms with Crippen molar-refractivity contribution in [2.75, 3.05) is 5.88 Å². The summed E-state index contributed by atoms with van der Waals surface area (Å²) in [6, 6.07) is 4.34. The summed E-state index contributed by atoms with van der Waals surface area (Å²) in [6.07, 6.45) is 0. The third kappa shape index (κ3) is 3.65. The fourth-order valence-corrected chi connectivity index (χ4v) is 1.43. The average Bonchev–Trinajstić information content (AvgIpc) is 2.29. The molecule has 2 nitrogen and oxygen atoms in total. The zero-order valence-electron chi connectivity index (χ0n) is 8.77. The van der Waals surface area contributed by atoms with Crippen molar-refractivity contribution in [1.82, 2.24) is 5.32 Å². The van der Waals surface area contributed by atoms with Gasteiger partial charge in [-0.25, -0.2) is 4.39 Å². The summed E-state index contributed by atoms with van der Waals surface area (Å²) >= 11 is 11.2. The molecule has 0 aliphatic rings. The van der Waals surface area contributed by atoms with E-state index in [0.717, 1.165) is 5.56 Å². The molecule has 0 bridgehead atoms. The van der Waals surface area contributed by atoms with Crippen molar-refractivity contribution < 1.29 is 9.18 Å². The van der Waals surface area contributed by atoms with Crippen LogP contribution in [-0.2, 0) is 11.3 Å². The van der Waals surface area contributed by atoms with Crippen LogP contribution in [0.4, 0.5) is 4.39 Å². The summed E-state index contributed by atoms with van der Waals surface area (Å²) < 4.78 is 12.8. The Kier molecular flexibility index (Phi) is 5.03. The highest BCUT2D eigenvalue weighted by Gasteiger charge is 2.10. The second kappa shape index (κ2) is 6.06. The predicted molar refractivity (Wildman–Crippen MR) is 63.1 cm³/mol. The third-order valence-corrected chi connectivity index (χ3v) is 2.88. The first kappa shape index (κ1) is 13.3. The quantitative estimate of drug-likeness (QED) is 0.832. The fourth-order valence-electron chi connectivity index (χ4n) is 1.08. The van der Waals surface area contributed by atoms with E-state index < -0.39 is 5.82 Å². The number of alkyl halides is 1. The molecule has 0 saturated carbocycles. The van der Waals surface area contributed by atoms with Crippen LogP contribution in [0.3, 0.4) is 0 Å². The Bertz CT molecular complexity index is 384. The lowest BCUT2D eigenvalue weighted by Crippen LogP contribution is -2.29. The van der Waals surface area contributed by atoms with Crippen molar-refractivity contribution in [2.24, 2.45) is 5.92 Å². The van der Waals surface area contributed by atoms with E-state index in [9.17, 15) is 9.18 Å². The highest BCUT2D eigenvalue weighted by atomic mass is 35.5. The molecule has 1 N–H and O–H groups in total. The second-order valence-electron chi connectivity index (χ2n) is 3.52. The summed E-state index contributed by atoms with van der Waals surface area (Å²) in [4.78, 5) is 11.4. The van der Waals surface area contributed by atoms with Crippen molar-refractivity contribution in [3.05, 3.63) is 34.6 Å². The van der Waals surface area contributed by atoms with E-state index in [2.05, 4.69) is 5.32 Å². The summed E-state index contributed by atoms with van der Waals surface area (Å²) in [7, 11) is 0. The minimum absolute atomic E-state index is 0.0529. The highest BCUT2D eigenvalue weighted by molar-refractivity contribution is 6.30. The maximum absolute atomic E-state index is 12.8. The van der Waals surface area contributed by atoms with Crippen LogP contribution in [0.5, 0.6) is 0 Å². The third-order valence-electron chi connectivity index (χ3n) is 2.13. The van der Waals surface area contributed by atoms with Crippen LogP contribution >= 0.6 is 23.2 Å². The number of amides is 1. The molecule has 1 aromatic rings. The summed E-state index contributed by atoms with van der Waals surface area (Å²) in [5.41, 5.74) is 0.751. The second-order valence-corrected chi connectivity index (χ2v) is 4.24. The number of hydrogen-bond donors (Lipinski definition) is 1. The number of carbonyl (C=O) groups excluding carboxylic acids is 1.